The van der Waals surface area contributed by atoms with Crippen LogP contribution in [0, 0.1) is 0 Å². The van der Waals surface area contributed by atoms with Gasteiger partial charge in [0.15, 0.2) is 0 Å². The molecular formula is C11H15NS. The molecule has 0 fully saturated rings. The van der Waals surface area contributed by atoms with Crippen LogP contribution in [-0.2, 0) is 0 Å². The lowest BCUT2D eigenvalue weighted by atomic mass is 10.2. The third-order valence-corrected chi connectivity index (χ3v) is 3.14. The zero-order chi connectivity index (χ0) is 8.55. The Morgan fingerprint density at radius 2 is 1.92 bits per heavy atom. The van der Waals surface area contributed by atoms with E-state index < -0.39 is 0 Å². The van der Waals surface area contributed by atoms with Gasteiger partial charge in [0.25, 0.3) is 0 Å². The lowest BCUT2D eigenvalue weighted by Gasteiger charge is -1.94. The SMILES string of the molecule is C.CC(C)c1nc2ccccc2s1. The fourth-order valence-electron chi connectivity index (χ4n) is 1.14. The molecule has 1 heterocycles. The van der Waals surface area contributed by atoms with Gasteiger partial charge in [-0.2, -0.15) is 0 Å². The Bertz CT molecular complexity index is 357. The molecule has 2 aromatic rings. The van der Waals surface area contributed by atoms with Crippen LogP contribution in [0.3, 0.4) is 0 Å². The van der Waals surface area contributed by atoms with Gasteiger partial charge in [-0.1, -0.05) is 33.4 Å². The van der Waals surface area contributed by atoms with Crippen molar-refractivity contribution in [2.45, 2.75) is 27.2 Å². The molecule has 2 heteroatoms. The highest BCUT2D eigenvalue weighted by Crippen LogP contribution is 2.26. The molecular weight excluding hydrogens is 178 g/mol. The Morgan fingerprint density at radius 1 is 1.23 bits per heavy atom. The van der Waals surface area contributed by atoms with Gasteiger partial charge in [0.1, 0.15) is 0 Å². The predicted octanol–water partition coefficient (Wildman–Crippen LogP) is 4.06. The van der Waals surface area contributed by atoms with Crippen LogP contribution >= 0.6 is 11.3 Å². The third-order valence-electron chi connectivity index (χ3n) is 1.80. The Hall–Kier alpha value is -0.890. The first-order valence-corrected chi connectivity index (χ1v) is 4.94. The van der Waals surface area contributed by atoms with Crippen molar-refractivity contribution >= 4 is 21.6 Å². The van der Waals surface area contributed by atoms with Crippen molar-refractivity contribution in [1.29, 1.82) is 0 Å². The largest absolute Gasteiger partial charge is 0.241 e. The van der Waals surface area contributed by atoms with Crippen molar-refractivity contribution in [2.24, 2.45) is 0 Å². The number of nitrogens with zero attached hydrogens (tertiary/aromatic N) is 1. The molecule has 0 aliphatic carbocycles. The van der Waals surface area contributed by atoms with E-state index in [0.29, 0.717) is 5.92 Å². The van der Waals surface area contributed by atoms with E-state index in [0.717, 1.165) is 5.52 Å². The number of para-hydroxylation sites is 1. The van der Waals surface area contributed by atoms with E-state index in [1.807, 2.05) is 6.07 Å². The fraction of sp³-hybridized carbons (Fsp3) is 0.364. The summed E-state index contributed by atoms with van der Waals surface area (Å²) in [6, 6.07) is 8.29. The minimum absolute atomic E-state index is 0. The van der Waals surface area contributed by atoms with E-state index in [2.05, 4.69) is 37.0 Å². The van der Waals surface area contributed by atoms with Crippen LogP contribution in [0.2, 0.25) is 0 Å². The molecule has 0 saturated heterocycles. The molecule has 0 radical (unpaired) electrons. The second kappa shape index (κ2) is 3.88. The lowest BCUT2D eigenvalue weighted by molar-refractivity contribution is 0.857. The van der Waals surface area contributed by atoms with Crippen LogP contribution in [0.1, 0.15) is 32.2 Å². The summed E-state index contributed by atoms with van der Waals surface area (Å²) in [5.74, 6) is 0.544. The van der Waals surface area contributed by atoms with E-state index in [-0.39, 0.29) is 7.43 Å². The molecule has 0 saturated carbocycles. The van der Waals surface area contributed by atoms with Crippen molar-refractivity contribution in [1.82, 2.24) is 4.98 Å². The molecule has 0 bridgehead atoms. The molecule has 0 aliphatic rings. The number of rotatable bonds is 1. The van der Waals surface area contributed by atoms with Gasteiger partial charge in [0.05, 0.1) is 15.2 Å². The molecule has 0 aliphatic heterocycles. The minimum atomic E-state index is 0. The van der Waals surface area contributed by atoms with Crippen molar-refractivity contribution < 1.29 is 0 Å². The average Bonchev–Trinajstić information content (AvgIpc) is 2.46. The fourth-order valence-corrected chi connectivity index (χ4v) is 2.11. The van der Waals surface area contributed by atoms with Gasteiger partial charge in [-0.05, 0) is 12.1 Å². The van der Waals surface area contributed by atoms with Crippen molar-refractivity contribution in [3.05, 3.63) is 29.3 Å². The van der Waals surface area contributed by atoms with Crippen LogP contribution < -0.4 is 0 Å². The van der Waals surface area contributed by atoms with Crippen LogP contribution in [0.4, 0.5) is 0 Å². The molecule has 2 rings (SSSR count). The lowest BCUT2D eigenvalue weighted by Crippen LogP contribution is -1.82. The number of hydrogen-bond acceptors (Lipinski definition) is 2. The highest BCUT2D eigenvalue weighted by atomic mass is 32.1. The first-order chi connectivity index (χ1) is 5.77. The highest BCUT2D eigenvalue weighted by Gasteiger charge is 2.05. The normalized spacial score (nSPS) is 10.4. The van der Waals surface area contributed by atoms with E-state index in [9.17, 15) is 0 Å². The molecule has 70 valence electrons. The van der Waals surface area contributed by atoms with E-state index in [1.165, 1.54) is 9.71 Å². The Labute approximate surface area is 83.4 Å². The molecule has 1 aromatic heterocycles. The molecule has 0 N–H and O–H groups in total. The second-order valence-corrected chi connectivity index (χ2v) is 4.24. The summed E-state index contributed by atoms with van der Waals surface area (Å²) in [5, 5.41) is 1.23. The quantitative estimate of drug-likeness (QED) is 0.665. The maximum absolute atomic E-state index is 4.53. The van der Waals surface area contributed by atoms with Crippen molar-refractivity contribution in [3.8, 4) is 0 Å². The van der Waals surface area contributed by atoms with E-state index >= 15 is 0 Å². The van der Waals surface area contributed by atoms with Crippen molar-refractivity contribution in [3.63, 3.8) is 0 Å². The summed E-state index contributed by atoms with van der Waals surface area (Å²) >= 11 is 1.79. The maximum atomic E-state index is 4.53. The second-order valence-electron chi connectivity index (χ2n) is 3.17. The van der Waals surface area contributed by atoms with Gasteiger partial charge in [0.2, 0.25) is 0 Å². The monoisotopic (exact) mass is 193 g/mol. The van der Waals surface area contributed by atoms with Gasteiger partial charge >= 0.3 is 0 Å². The minimum Gasteiger partial charge on any atom is -0.241 e. The molecule has 13 heavy (non-hydrogen) atoms. The summed E-state index contributed by atoms with van der Waals surface area (Å²) in [7, 11) is 0. The van der Waals surface area contributed by atoms with Gasteiger partial charge in [-0.15, -0.1) is 11.3 Å². The van der Waals surface area contributed by atoms with Crippen LogP contribution in [-0.4, -0.2) is 4.98 Å². The van der Waals surface area contributed by atoms with Gasteiger partial charge < -0.3 is 0 Å². The number of fused-ring (bicyclic) bond motifs is 1. The molecule has 0 amide bonds. The van der Waals surface area contributed by atoms with Gasteiger partial charge in [-0.3, -0.25) is 0 Å². The molecule has 0 atom stereocenters. The smallest absolute Gasteiger partial charge is 0.0963 e. The first-order valence-electron chi connectivity index (χ1n) is 4.13. The van der Waals surface area contributed by atoms with Crippen LogP contribution in [0.15, 0.2) is 24.3 Å². The topological polar surface area (TPSA) is 12.9 Å². The Morgan fingerprint density at radius 3 is 2.54 bits per heavy atom. The molecule has 0 unspecified atom stereocenters. The van der Waals surface area contributed by atoms with Crippen LogP contribution in [0.25, 0.3) is 10.2 Å². The first kappa shape index (κ1) is 10.2. The van der Waals surface area contributed by atoms with Crippen LogP contribution in [0.5, 0.6) is 0 Å². The summed E-state index contributed by atoms with van der Waals surface area (Å²) in [6.07, 6.45) is 0. The molecule has 1 nitrogen and oxygen atoms in total. The summed E-state index contributed by atoms with van der Waals surface area (Å²) in [5.41, 5.74) is 1.13. The highest BCUT2D eigenvalue weighted by molar-refractivity contribution is 7.18. The Kier molecular flexibility index (Phi) is 3.04. The third kappa shape index (κ3) is 1.89. The van der Waals surface area contributed by atoms with Gasteiger partial charge in [-0.25, -0.2) is 4.98 Å². The maximum Gasteiger partial charge on any atom is 0.0963 e. The van der Waals surface area contributed by atoms with E-state index in [4.69, 9.17) is 0 Å². The predicted molar refractivity (Wildman–Crippen MR) is 60.4 cm³/mol. The summed E-state index contributed by atoms with van der Waals surface area (Å²) < 4.78 is 1.29. The van der Waals surface area contributed by atoms with E-state index in [1.54, 1.807) is 11.3 Å². The number of benzene rings is 1. The molecule has 1 aromatic carbocycles. The average molecular weight is 193 g/mol. The van der Waals surface area contributed by atoms with Crippen molar-refractivity contribution in [2.75, 3.05) is 0 Å². The van der Waals surface area contributed by atoms with Gasteiger partial charge in [0, 0.05) is 5.92 Å². The number of thiazole rings is 1. The molecule has 0 spiro atoms. The Balaban J connectivity index is 0.000000845. The summed E-state index contributed by atoms with van der Waals surface area (Å²) in [4.78, 5) is 4.53. The zero-order valence-electron chi connectivity index (χ0n) is 7.24. The standard InChI is InChI=1S/C10H11NS.CH4/c1-7(2)10-11-8-5-3-4-6-9(8)12-10;/h3-7H,1-2H3;1H4. The summed E-state index contributed by atoms with van der Waals surface area (Å²) in [6.45, 7) is 4.36. The zero-order valence-corrected chi connectivity index (χ0v) is 8.06. The number of aromatic nitrogens is 1. The number of hydrogen-bond donors (Lipinski definition) is 0.